The zero-order chi connectivity index (χ0) is 16.2. The highest BCUT2D eigenvalue weighted by atomic mass is 15.1. The lowest BCUT2D eigenvalue weighted by molar-refractivity contribution is 0.247. The van der Waals surface area contributed by atoms with E-state index in [-0.39, 0.29) is 0 Å². The van der Waals surface area contributed by atoms with Crippen molar-refractivity contribution < 1.29 is 0 Å². The Balaban J connectivity index is 1.75. The van der Waals surface area contributed by atoms with Crippen molar-refractivity contribution in [3.63, 3.8) is 0 Å². The fourth-order valence-corrected chi connectivity index (χ4v) is 2.89. The number of aryl methyl sites for hydroxylation is 1. The zero-order valence-electron chi connectivity index (χ0n) is 14.0. The predicted octanol–water partition coefficient (Wildman–Crippen LogP) is 4.00. The molecule has 23 heavy (non-hydrogen) atoms. The Morgan fingerprint density at radius 3 is 2.65 bits per heavy atom. The Morgan fingerprint density at radius 1 is 1.00 bits per heavy atom. The van der Waals surface area contributed by atoms with E-state index in [0.29, 0.717) is 6.04 Å². The lowest BCUT2D eigenvalue weighted by Gasteiger charge is -2.25. The van der Waals surface area contributed by atoms with Gasteiger partial charge in [0.05, 0.1) is 5.52 Å². The summed E-state index contributed by atoms with van der Waals surface area (Å²) < 4.78 is 0. The maximum absolute atomic E-state index is 4.52. The summed E-state index contributed by atoms with van der Waals surface area (Å²) in [6.07, 6.45) is 4.75. The van der Waals surface area contributed by atoms with Gasteiger partial charge in [-0.2, -0.15) is 0 Å². The van der Waals surface area contributed by atoms with Gasteiger partial charge in [-0.25, -0.2) is 0 Å². The van der Waals surface area contributed by atoms with Crippen LogP contribution in [0.3, 0.4) is 0 Å². The molecule has 0 saturated heterocycles. The van der Waals surface area contributed by atoms with Crippen molar-refractivity contribution in [2.75, 3.05) is 7.05 Å². The number of benzene rings is 1. The number of likely N-dealkylation sites (N-methyl/N-ethyl adjacent to an activating group) is 1. The van der Waals surface area contributed by atoms with Gasteiger partial charge < -0.3 is 0 Å². The summed E-state index contributed by atoms with van der Waals surface area (Å²) in [5.74, 6) is 0. The van der Waals surface area contributed by atoms with E-state index in [0.717, 1.165) is 18.5 Å². The van der Waals surface area contributed by atoms with E-state index in [1.165, 1.54) is 22.2 Å². The minimum absolute atomic E-state index is 0.426. The summed E-state index contributed by atoms with van der Waals surface area (Å²) >= 11 is 0. The molecule has 1 aromatic carbocycles. The third-order valence-corrected chi connectivity index (χ3v) is 4.52. The molecule has 2 heterocycles. The third-order valence-electron chi connectivity index (χ3n) is 4.52. The molecule has 3 heteroatoms. The van der Waals surface area contributed by atoms with Crippen molar-refractivity contribution >= 4 is 10.9 Å². The number of rotatable bonds is 5. The Bertz CT molecular complexity index is 792. The largest absolute Gasteiger partial charge is 0.299 e. The summed E-state index contributed by atoms with van der Waals surface area (Å²) in [7, 11) is 2.18. The summed E-state index contributed by atoms with van der Waals surface area (Å²) in [6.45, 7) is 5.30. The molecule has 118 valence electrons. The normalized spacial score (nSPS) is 12.7. The molecule has 0 aliphatic heterocycles. The van der Waals surface area contributed by atoms with Crippen molar-refractivity contribution in [3.05, 3.63) is 71.7 Å². The maximum Gasteiger partial charge on any atom is 0.0705 e. The second-order valence-corrected chi connectivity index (χ2v) is 6.22. The van der Waals surface area contributed by atoms with Gasteiger partial charge in [0.25, 0.3) is 0 Å². The topological polar surface area (TPSA) is 29.0 Å². The minimum atomic E-state index is 0.426. The van der Waals surface area contributed by atoms with Gasteiger partial charge in [-0.3, -0.25) is 14.9 Å². The molecule has 1 atom stereocenters. The van der Waals surface area contributed by atoms with E-state index in [1.54, 1.807) is 0 Å². The van der Waals surface area contributed by atoms with Crippen LogP contribution >= 0.6 is 0 Å². The van der Waals surface area contributed by atoms with Crippen LogP contribution < -0.4 is 0 Å². The molecular weight excluding hydrogens is 282 g/mol. The summed E-state index contributed by atoms with van der Waals surface area (Å²) in [6, 6.07) is 15.0. The molecule has 0 radical (unpaired) electrons. The first kappa shape index (κ1) is 15.6. The van der Waals surface area contributed by atoms with E-state index in [4.69, 9.17) is 0 Å². The molecule has 0 aliphatic carbocycles. The SMILES string of the molecule is Cc1cccnc1C[C@@H](C)N(C)Cc1ccnc2ccccc12. The molecule has 0 N–H and O–H groups in total. The predicted molar refractivity (Wildman–Crippen MR) is 95.4 cm³/mol. The van der Waals surface area contributed by atoms with E-state index in [9.17, 15) is 0 Å². The first-order chi connectivity index (χ1) is 11.1. The molecule has 0 amide bonds. The zero-order valence-corrected chi connectivity index (χ0v) is 14.0. The lowest BCUT2D eigenvalue weighted by atomic mass is 10.1. The van der Waals surface area contributed by atoms with Crippen LogP contribution in [0.5, 0.6) is 0 Å². The summed E-state index contributed by atoms with van der Waals surface area (Å²) in [5, 5.41) is 1.24. The number of pyridine rings is 2. The average molecular weight is 305 g/mol. The molecular formula is C20H23N3. The van der Waals surface area contributed by atoms with Gasteiger partial charge in [0.2, 0.25) is 0 Å². The fourth-order valence-electron chi connectivity index (χ4n) is 2.89. The van der Waals surface area contributed by atoms with E-state index < -0.39 is 0 Å². The van der Waals surface area contributed by atoms with E-state index in [2.05, 4.69) is 66.1 Å². The fraction of sp³-hybridized carbons (Fsp3) is 0.300. The molecule has 3 aromatic rings. The van der Waals surface area contributed by atoms with E-state index in [1.807, 2.05) is 24.5 Å². The first-order valence-electron chi connectivity index (χ1n) is 8.08. The number of aromatic nitrogens is 2. The minimum Gasteiger partial charge on any atom is -0.299 e. The van der Waals surface area contributed by atoms with E-state index >= 15 is 0 Å². The summed E-state index contributed by atoms with van der Waals surface area (Å²) in [4.78, 5) is 11.4. The van der Waals surface area contributed by atoms with Crippen molar-refractivity contribution in [2.45, 2.75) is 32.9 Å². The number of nitrogens with zero attached hydrogens (tertiary/aromatic N) is 3. The highest BCUT2D eigenvalue weighted by Crippen LogP contribution is 2.19. The Morgan fingerprint density at radius 2 is 1.83 bits per heavy atom. The molecule has 0 unspecified atom stereocenters. The number of fused-ring (bicyclic) bond motifs is 1. The maximum atomic E-state index is 4.52. The number of hydrogen-bond donors (Lipinski definition) is 0. The van der Waals surface area contributed by atoms with Gasteiger partial charge >= 0.3 is 0 Å². The molecule has 0 bridgehead atoms. The van der Waals surface area contributed by atoms with Crippen molar-refractivity contribution in [1.82, 2.24) is 14.9 Å². The van der Waals surface area contributed by atoms with Crippen LogP contribution in [0.2, 0.25) is 0 Å². The van der Waals surface area contributed by atoms with Crippen LogP contribution in [0, 0.1) is 6.92 Å². The Labute approximate surface area is 138 Å². The van der Waals surface area contributed by atoms with Crippen molar-refractivity contribution in [3.8, 4) is 0 Å². The van der Waals surface area contributed by atoms with Crippen molar-refractivity contribution in [1.29, 1.82) is 0 Å². The third kappa shape index (κ3) is 3.57. The quantitative estimate of drug-likeness (QED) is 0.713. The van der Waals surface area contributed by atoms with Gasteiger partial charge in [-0.1, -0.05) is 24.3 Å². The molecule has 0 saturated carbocycles. The molecule has 3 nitrogen and oxygen atoms in total. The lowest BCUT2D eigenvalue weighted by Crippen LogP contribution is -2.31. The first-order valence-corrected chi connectivity index (χ1v) is 8.08. The van der Waals surface area contributed by atoms with Gasteiger partial charge in [0.1, 0.15) is 0 Å². The molecule has 0 spiro atoms. The van der Waals surface area contributed by atoms with Gasteiger partial charge in [0, 0.05) is 42.5 Å². The van der Waals surface area contributed by atoms with Gasteiger partial charge in [0.15, 0.2) is 0 Å². The molecule has 0 aliphatic rings. The second-order valence-electron chi connectivity index (χ2n) is 6.22. The molecule has 3 rings (SSSR count). The smallest absolute Gasteiger partial charge is 0.0705 e. The van der Waals surface area contributed by atoms with Gasteiger partial charge in [-0.05, 0) is 50.2 Å². The highest BCUT2D eigenvalue weighted by Gasteiger charge is 2.13. The van der Waals surface area contributed by atoms with Crippen molar-refractivity contribution in [2.24, 2.45) is 0 Å². The Kier molecular flexibility index (Phi) is 4.68. The summed E-state index contributed by atoms with van der Waals surface area (Å²) in [5.41, 5.74) is 4.84. The molecule has 2 aromatic heterocycles. The molecule has 0 fully saturated rings. The second kappa shape index (κ2) is 6.88. The number of hydrogen-bond acceptors (Lipinski definition) is 3. The van der Waals surface area contributed by atoms with Gasteiger partial charge in [-0.15, -0.1) is 0 Å². The highest BCUT2D eigenvalue weighted by molar-refractivity contribution is 5.81. The number of para-hydroxylation sites is 1. The average Bonchev–Trinajstić information content (AvgIpc) is 2.57. The van der Waals surface area contributed by atoms with Crippen LogP contribution in [-0.2, 0) is 13.0 Å². The van der Waals surface area contributed by atoms with Crippen LogP contribution in [0.4, 0.5) is 0 Å². The van der Waals surface area contributed by atoms with Crippen LogP contribution in [0.1, 0.15) is 23.7 Å². The monoisotopic (exact) mass is 305 g/mol. The standard InChI is InChI=1S/C20H23N3/c1-15-7-6-11-21-20(15)13-16(2)23(3)14-17-10-12-22-19-9-5-4-8-18(17)19/h4-12,16H,13-14H2,1-3H3/t16-/m1/s1. The van der Waals surface area contributed by atoms with Crippen LogP contribution in [0.25, 0.3) is 10.9 Å². The van der Waals surface area contributed by atoms with Crippen LogP contribution in [0.15, 0.2) is 54.9 Å². The Hall–Kier alpha value is -2.26. The van der Waals surface area contributed by atoms with Crippen LogP contribution in [-0.4, -0.2) is 28.0 Å².